The van der Waals surface area contributed by atoms with E-state index in [1.54, 1.807) is 11.3 Å². The Morgan fingerprint density at radius 3 is 2.86 bits per heavy atom. The van der Waals surface area contributed by atoms with Gasteiger partial charge in [-0.05, 0) is 44.1 Å². The highest BCUT2D eigenvalue weighted by Gasteiger charge is 2.27. The first-order valence-electron chi connectivity index (χ1n) is 7.92. The lowest BCUT2D eigenvalue weighted by Crippen LogP contribution is -2.24. The predicted octanol–water partition coefficient (Wildman–Crippen LogP) is 2.71. The van der Waals surface area contributed by atoms with Crippen LogP contribution in [0.3, 0.4) is 0 Å². The average Bonchev–Trinajstić information content (AvgIpc) is 2.82. The molecule has 1 N–H and O–H groups in total. The summed E-state index contributed by atoms with van der Waals surface area (Å²) in [6.45, 7) is 0.0586. The van der Waals surface area contributed by atoms with E-state index in [0.717, 1.165) is 48.7 Å². The summed E-state index contributed by atoms with van der Waals surface area (Å²) in [5.41, 5.74) is 1.08. The van der Waals surface area contributed by atoms with Gasteiger partial charge < -0.3 is 9.72 Å². The molecule has 0 aromatic carbocycles. The number of aromatic amines is 1. The van der Waals surface area contributed by atoms with Crippen molar-refractivity contribution in [1.82, 2.24) is 9.97 Å². The monoisotopic (exact) mass is 318 g/mol. The number of thiophene rings is 1. The minimum atomic E-state index is -0.167. The number of rotatable bonds is 3. The van der Waals surface area contributed by atoms with E-state index in [-0.39, 0.29) is 24.1 Å². The molecular formula is C16H18N2O3S. The maximum absolute atomic E-state index is 12.3. The minimum Gasteiger partial charge on any atom is -0.457 e. The molecule has 0 unspecified atom stereocenters. The van der Waals surface area contributed by atoms with Crippen molar-refractivity contribution >= 4 is 27.5 Å². The number of H-pyrrole nitrogens is 1. The molecule has 2 heterocycles. The Hall–Kier alpha value is -1.69. The van der Waals surface area contributed by atoms with Gasteiger partial charge in [-0.1, -0.05) is 6.42 Å². The summed E-state index contributed by atoms with van der Waals surface area (Å²) in [4.78, 5) is 33.5. The van der Waals surface area contributed by atoms with Crippen LogP contribution in [-0.4, -0.2) is 15.9 Å². The van der Waals surface area contributed by atoms with Crippen molar-refractivity contribution in [2.24, 2.45) is 5.92 Å². The quantitative estimate of drug-likeness (QED) is 0.883. The zero-order valence-corrected chi connectivity index (χ0v) is 13.1. The summed E-state index contributed by atoms with van der Waals surface area (Å²) < 4.78 is 5.27. The molecule has 22 heavy (non-hydrogen) atoms. The number of hydrogen-bond donors (Lipinski definition) is 1. The van der Waals surface area contributed by atoms with Crippen LogP contribution in [0.4, 0.5) is 0 Å². The van der Waals surface area contributed by atoms with Gasteiger partial charge in [-0.3, -0.25) is 9.59 Å². The number of carbonyl (C=O) groups excluding carboxylic acids is 1. The second-order valence-electron chi connectivity index (χ2n) is 6.14. The summed E-state index contributed by atoms with van der Waals surface area (Å²) >= 11 is 1.61. The Morgan fingerprint density at radius 1 is 1.27 bits per heavy atom. The van der Waals surface area contributed by atoms with E-state index in [9.17, 15) is 9.59 Å². The highest BCUT2D eigenvalue weighted by atomic mass is 32.1. The highest BCUT2D eigenvalue weighted by molar-refractivity contribution is 7.18. The van der Waals surface area contributed by atoms with Gasteiger partial charge in [0.1, 0.15) is 17.3 Å². The van der Waals surface area contributed by atoms with Gasteiger partial charge >= 0.3 is 5.97 Å². The van der Waals surface area contributed by atoms with E-state index in [1.165, 1.54) is 16.9 Å². The van der Waals surface area contributed by atoms with Crippen LogP contribution in [0, 0.1) is 5.92 Å². The fourth-order valence-electron chi connectivity index (χ4n) is 3.18. The van der Waals surface area contributed by atoms with Crippen LogP contribution >= 0.6 is 11.3 Å². The number of nitrogens with zero attached hydrogens (tertiary/aromatic N) is 1. The maximum atomic E-state index is 12.3. The predicted molar refractivity (Wildman–Crippen MR) is 84.0 cm³/mol. The molecule has 1 fully saturated rings. The number of nitrogens with one attached hydrogen (secondary N) is 1. The molecule has 6 heteroatoms. The van der Waals surface area contributed by atoms with Crippen molar-refractivity contribution in [3.8, 4) is 0 Å². The maximum Gasteiger partial charge on any atom is 0.309 e. The molecule has 2 aromatic rings. The lowest BCUT2D eigenvalue weighted by Gasteiger charge is -2.22. The Balaban J connectivity index is 1.60. The molecule has 2 aromatic heterocycles. The van der Waals surface area contributed by atoms with Gasteiger partial charge in [-0.2, -0.15) is 0 Å². The lowest BCUT2D eigenvalue weighted by molar-refractivity contribution is -0.153. The van der Waals surface area contributed by atoms with Crippen LogP contribution in [0.5, 0.6) is 0 Å². The molecule has 2 aliphatic carbocycles. The zero-order chi connectivity index (χ0) is 15.1. The van der Waals surface area contributed by atoms with Crippen LogP contribution in [-0.2, 0) is 29.0 Å². The minimum absolute atomic E-state index is 0.0458. The second-order valence-corrected chi connectivity index (χ2v) is 7.22. The molecule has 0 spiro atoms. The summed E-state index contributed by atoms with van der Waals surface area (Å²) in [6.07, 6.45) is 7.26. The summed E-state index contributed by atoms with van der Waals surface area (Å²) in [5.74, 6) is 0.327. The average molecular weight is 318 g/mol. The lowest BCUT2D eigenvalue weighted by atomic mass is 9.86. The molecule has 0 bridgehead atoms. The van der Waals surface area contributed by atoms with Gasteiger partial charge in [-0.25, -0.2) is 4.98 Å². The van der Waals surface area contributed by atoms with Crippen molar-refractivity contribution in [2.75, 3.05) is 0 Å². The number of esters is 1. The van der Waals surface area contributed by atoms with Gasteiger partial charge in [-0.15, -0.1) is 11.3 Å². The van der Waals surface area contributed by atoms with Crippen molar-refractivity contribution in [3.05, 3.63) is 26.6 Å². The molecule has 0 radical (unpaired) electrons. The Bertz CT molecular complexity index is 789. The van der Waals surface area contributed by atoms with Crippen molar-refractivity contribution in [2.45, 2.75) is 51.6 Å². The van der Waals surface area contributed by atoms with Gasteiger partial charge in [0.2, 0.25) is 0 Å². The standard InChI is InChI=1S/C16H18N2O3S/c19-14-13-10-6-1-2-7-11(10)22-15(13)18-12(17-14)8-21-16(20)9-4-3-5-9/h9H,1-8H2,(H,17,18,19). The number of ether oxygens (including phenoxy) is 1. The van der Waals surface area contributed by atoms with Gasteiger partial charge in [0.25, 0.3) is 5.56 Å². The van der Waals surface area contributed by atoms with Gasteiger partial charge in [0.15, 0.2) is 0 Å². The van der Waals surface area contributed by atoms with E-state index < -0.39 is 0 Å². The molecule has 116 valence electrons. The van der Waals surface area contributed by atoms with Crippen molar-refractivity contribution < 1.29 is 9.53 Å². The summed E-state index contributed by atoms with van der Waals surface area (Å²) in [6, 6.07) is 0. The molecule has 0 atom stereocenters. The smallest absolute Gasteiger partial charge is 0.309 e. The van der Waals surface area contributed by atoms with Gasteiger partial charge in [0.05, 0.1) is 11.3 Å². The van der Waals surface area contributed by atoms with E-state index in [1.807, 2.05) is 0 Å². The highest BCUT2D eigenvalue weighted by Crippen LogP contribution is 2.33. The molecule has 1 saturated carbocycles. The third-order valence-corrected chi connectivity index (χ3v) is 5.85. The summed E-state index contributed by atoms with van der Waals surface area (Å²) in [5, 5.41) is 0.744. The van der Waals surface area contributed by atoms with Crippen LogP contribution in [0.15, 0.2) is 4.79 Å². The molecule has 0 amide bonds. The van der Waals surface area contributed by atoms with E-state index in [2.05, 4.69) is 9.97 Å². The third kappa shape index (κ3) is 2.35. The number of fused-ring (bicyclic) bond motifs is 3. The molecule has 0 aliphatic heterocycles. The zero-order valence-electron chi connectivity index (χ0n) is 12.3. The topological polar surface area (TPSA) is 72.0 Å². The van der Waals surface area contributed by atoms with E-state index in [0.29, 0.717) is 5.82 Å². The van der Waals surface area contributed by atoms with Crippen molar-refractivity contribution in [3.63, 3.8) is 0 Å². The van der Waals surface area contributed by atoms with Crippen LogP contribution < -0.4 is 5.56 Å². The van der Waals surface area contributed by atoms with Crippen molar-refractivity contribution in [1.29, 1.82) is 0 Å². The first-order valence-corrected chi connectivity index (χ1v) is 8.74. The largest absolute Gasteiger partial charge is 0.457 e. The van der Waals surface area contributed by atoms with Crippen LogP contribution in [0.1, 0.15) is 48.4 Å². The van der Waals surface area contributed by atoms with E-state index in [4.69, 9.17) is 4.74 Å². The van der Waals surface area contributed by atoms with Crippen LogP contribution in [0.2, 0.25) is 0 Å². The van der Waals surface area contributed by atoms with Gasteiger partial charge in [0, 0.05) is 4.88 Å². The molecular weight excluding hydrogens is 300 g/mol. The third-order valence-electron chi connectivity index (χ3n) is 4.66. The fourth-order valence-corrected chi connectivity index (χ4v) is 4.46. The number of carbonyl (C=O) groups is 1. The second kappa shape index (κ2) is 5.50. The first-order chi connectivity index (χ1) is 10.7. The molecule has 4 rings (SSSR count). The summed E-state index contributed by atoms with van der Waals surface area (Å²) in [7, 11) is 0. The normalized spacial score (nSPS) is 18.0. The number of aryl methyl sites for hydroxylation is 2. The first kappa shape index (κ1) is 13.9. The SMILES string of the molecule is O=C(OCc1nc2sc3c(c2c(=O)[nH]1)CCCC3)C1CCC1. The van der Waals surface area contributed by atoms with Crippen LogP contribution in [0.25, 0.3) is 10.2 Å². The molecule has 2 aliphatic rings. The Kier molecular flexibility index (Phi) is 3.48. The molecule has 5 nitrogen and oxygen atoms in total. The number of hydrogen-bond acceptors (Lipinski definition) is 5. The van der Waals surface area contributed by atoms with E-state index >= 15 is 0 Å². The fraction of sp³-hybridized carbons (Fsp3) is 0.562. The Labute approximate surface area is 131 Å². The Morgan fingerprint density at radius 2 is 2.09 bits per heavy atom. The number of aromatic nitrogens is 2. The molecule has 0 saturated heterocycles.